The van der Waals surface area contributed by atoms with E-state index in [1.165, 1.54) is 5.56 Å². The number of rotatable bonds is 4. The Morgan fingerprint density at radius 1 is 1.16 bits per heavy atom. The first-order valence-electron chi connectivity index (χ1n) is 7.86. The average Bonchev–Trinajstić information content (AvgIpc) is 2.92. The molecule has 0 saturated heterocycles. The Kier molecular flexibility index (Phi) is 4.74. The van der Waals surface area contributed by atoms with E-state index in [1.54, 1.807) is 31.3 Å². The summed E-state index contributed by atoms with van der Waals surface area (Å²) < 4.78 is 1.82. The van der Waals surface area contributed by atoms with Crippen molar-refractivity contribution in [3.8, 4) is 5.69 Å². The lowest BCUT2D eigenvalue weighted by Crippen LogP contribution is -2.24. The highest BCUT2D eigenvalue weighted by Crippen LogP contribution is 2.25. The van der Waals surface area contributed by atoms with Gasteiger partial charge >= 0.3 is 0 Å². The molecule has 25 heavy (non-hydrogen) atoms. The molecule has 0 spiro atoms. The second kappa shape index (κ2) is 6.82. The molecule has 0 N–H and O–H groups in total. The van der Waals surface area contributed by atoms with Crippen LogP contribution < -0.4 is 0 Å². The summed E-state index contributed by atoms with van der Waals surface area (Å²) in [5.41, 5.74) is 3.19. The Hall–Kier alpha value is -2.44. The monoisotopic (exact) mass is 357 g/mol. The number of nitrogens with zero attached hydrogens (tertiary/aromatic N) is 5. The third-order valence-electron chi connectivity index (χ3n) is 3.83. The van der Waals surface area contributed by atoms with Gasteiger partial charge in [-0.15, -0.1) is 0 Å². The summed E-state index contributed by atoms with van der Waals surface area (Å²) in [6.45, 7) is 0.851. The minimum absolute atomic E-state index is 0.105. The Morgan fingerprint density at radius 3 is 2.44 bits per heavy atom. The first-order chi connectivity index (χ1) is 11.9. The predicted octanol–water partition coefficient (Wildman–Crippen LogP) is 2.84. The van der Waals surface area contributed by atoms with Crippen molar-refractivity contribution in [1.82, 2.24) is 24.3 Å². The summed E-state index contributed by atoms with van der Waals surface area (Å²) in [6.07, 6.45) is 1.63. The molecule has 1 amide bonds. The van der Waals surface area contributed by atoms with E-state index >= 15 is 0 Å². The SMILES string of the molecule is CN(C)Cc1ccc(-n2c(C(=O)N(C)C)cc3cnc(Cl)nc32)cc1. The number of aromatic nitrogens is 3. The molecule has 2 aromatic heterocycles. The van der Waals surface area contributed by atoms with E-state index in [9.17, 15) is 4.79 Å². The van der Waals surface area contributed by atoms with Gasteiger partial charge in [0.2, 0.25) is 5.28 Å². The van der Waals surface area contributed by atoms with Crippen LogP contribution in [0.25, 0.3) is 16.7 Å². The minimum Gasteiger partial charge on any atom is -0.343 e. The molecule has 3 rings (SSSR count). The topological polar surface area (TPSA) is 54.3 Å². The molecule has 7 heteroatoms. The second-order valence-electron chi connectivity index (χ2n) is 6.39. The smallest absolute Gasteiger partial charge is 0.270 e. The van der Waals surface area contributed by atoms with Crippen LogP contribution in [0.3, 0.4) is 0 Å². The first kappa shape index (κ1) is 17.4. The Labute approximate surface area is 151 Å². The van der Waals surface area contributed by atoms with Gasteiger partial charge in [0.1, 0.15) is 11.3 Å². The molecule has 2 heterocycles. The van der Waals surface area contributed by atoms with Gasteiger partial charge in [-0.2, -0.15) is 4.98 Å². The van der Waals surface area contributed by atoms with Gasteiger partial charge in [-0.1, -0.05) is 12.1 Å². The molecule has 3 aromatic rings. The highest BCUT2D eigenvalue weighted by molar-refractivity contribution is 6.28. The molecule has 0 aliphatic carbocycles. The second-order valence-corrected chi connectivity index (χ2v) is 6.72. The molecule has 0 aliphatic rings. The Balaban J connectivity index is 2.17. The predicted molar refractivity (Wildman–Crippen MR) is 99.3 cm³/mol. The molecule has 6 nitrogen and oxygen atoms in total. The molecule has 0 unspecified atom stereocenters. The van der Waals surface area contributed by atoms with Crippen molar-refractivity contribution >= 4 is 28.5 Å². The molecule has 0 radical (unpaired) electrons. The van der Waals surface area contributed by atoms with Crippen molar-refractivity contribution in [3.63, 3.8) is 0 Å². The molecule has 0 bridgehead atoms. The van der Waals surface area contributed by atoms with E-state index < -0.39 is 0 Å². The first-order valence-corrected chi connectivity index (χ1v) is 8.24. The van der Waals surface area contributed by atoms with Crippen LogP contribution in [-0.4, -0.2) is 58.4 Å². The Bertz CT molecular complexity index is 915. The van der Waals surface area contributed by atoms with E-state index in [-0.39, 0.29) is 11.2 Å². The highest BCUT2D eigenvalue weighted by Gasteiger charge is 2.20. The van der Waals surface area contributed by atoms with Crippen molar-refractivity contribution in [1.29, 1.82) is 0 Å². The van der Waals surface area contributed by atoms with Gasteiger partial charge in [0.05, 0.1) is 0 Å². The summed E-state index contributed by atoms with van der Waals surface area (Å²) in [4.78, 5) is 24.6. The third kappa shape index (κ3) is 3.50. The maximum Gasteiger partial charge on any atom is 0.270 e. The number of carbonyl (C=O) groups is 1. The maximum atomic E-state index is 12.6. The highest BCUT2D eigenvalue weighted by atomic mass is 35.5. The molecule has 0 aliphatic heterocycles. The van der Waals surface area contributed by atoms with Crippen LogP contribution in [0, 0.1) is 0 Å². The van der Waals surface area contributed by atoms with E-state index in [4.69, 9.17) is 11.6 Å². The van der Waals surface area contributed by atoms with Crippen LogP contribution >= 0.6 is 11.6 Å². The van der Waals surface area contributed by atoms with Crippen LogP contribution in [0.4, 0.5) is 0 Å². The maximum absolute atomic E-state index is 12.6. The lowest BCUT2D eigenvalue weighted by Gasteiger charge is -2.15. The summed E-state index contributed by atoms with van der Waals surface area (Å²) >= 11 is 5.98. The Morgan fingerprint density at radius 2 is 1.84 bits per heavy atom. The van der Waals surface area contributed by atoms with Crippen molar-refractivity contribution in [2.24, 2.45) is 0 Å². The zero-order chi connectivity index (χ0) is 18.1. The number of fused-ring (bicyclic) bond motifs is 1. The van der Waals surface area contributed by atoms with Crippen LogP contribution in [-0.2, 0) is 6.54 Å². The number of carbonyl (C=O) groups excluding carboxylic acids is 1. The largest absolute Gasteiger partial charge is 0.343 e. The molecule has 0 fully saturated rings. The van der Waals surface area contributed by atoms with Gasteiger partial charge in [-0.3, -0.25) is 9.36 Å². The summed E-state index contributed by atoms with van der Waals surface area (Å²) in [5.74, 6) is -0.105. The third-order valence-corrected chi connectivity index (χ3v) is 4.01. The quantitative estimate of drug-likeness (QED) is 0.674. The van der Waals surface area contributed by atoms with Gasteiger partial charge in [-0.05, 0) is 49.5 Å². The van der Waals surface area contributed by atoms with E-state index in [0.717, 1.165) is 17.6 Å². The molecule has 1 aromatic carbocycles. The molecule has 0 saturated carbocycles. The minimum atomic E-state index is -0.105. The van der Waals surface area contributed by atoms with Crippen molar-refractivity contribution in [2.75, 3.05) is 28.2 Å². The van der Waals surface area contributed by atoms with Gasteiger partial charge < -0.3 is 9.80 Å². The van der Waals surface area contributed by atoms with E-state index in [1.807, 2.05) is 42.9 Å². The number of hydrogen-bond donors (Lipinski definition) is 0. The average molecular weight is 358 g/mol. The summed E-state index contributed by atoms with van der Waals surface area (Å²) in [6, 6.07) is 9.87. The fourth-order valence-corrected chi connectivity index (χ4v) is 2.86. The summed E-state index contributed by atoms with van der Waals surface area (Å²) in [5, 5.41) is 0.923. The molecule has 0 atom stereocenters. The zero-order valence-corrected chi connectivity index (χ0v) is 15.4. The molecule has 130 valence electrons. The van der Waals surface area contributed by atoms with E-state index in [0.29, 0.717) is 11.3 Å². The normalized spacial score (nSPS) is 11.3. The fraction of sp³-hybridized carbons (Fsp3) is 0.278. The number of hydrogen-bond acceptors (Lipinski definition) is 4. The van der Waals surface area contributed by atoms with Crippen LogP contribution in [0.15, 0.2) is 36.5 Å². The lowest BCUT2D eigenvalue weighted by atomic mass is 10.2. The van der Waals surface area contributed by atoms with Gasteiger partial charge in [0.25, 0.3) is 5.91 Å². The zero-order valence-electron chi connectivity index (χ0n) is 14.7. The van der Waals surface area contributed by atoms with Gasteiger partial charge in [0, 0.05) is 37.9 Å². The lowest BCUT2D eigenvalue weighted by molar-refractivity contribution is 0.0820. The number of halogens is 1. The summed E-state index contributed by atoms with van der Waals surface area (Å²) in [7, 11) is 7.51. The van der Waals surface area contributed by atoms with Crippen LogP contribution in [0.1, 0.15) is 16.1 Å². The fourth-order valence-electron chi connectivity index (χ4n) is 2.73. The van der Waals surface area contributed by atoms with Gasteiger partial charge in [-0.25, -0.2) is 4.98 Å². The van der Waals surface area contributed by atoms with E-state index in [2.05, 4.69) is 14.9 Å². The van der Waals surface area contributed by atoms with Crippen molar-refractivity contribution < 1.29 is 4.79 Å². The number of amides is 1. The molecular weight excluding hydrogens is 338 g/mol. The van der Waals surface area contributed by atoms with Crippen molar-refractivity contribution in [3.05, 3.63) is 53.1 Å². The standard InChI is InChI=1S/C18H20ClN5O/c1-22(2)11-12-5-7-14(8-6-12)24-15(17(25)23(3)4)9-13-10-20-18(19)21-16(13)24/h5-10H,11H2,1-4H3. The van der Waals surface area contributed by atoms with Crippen LogP contribution in [0.2, 0.25) is 5.28 Å². The van der Waals surface area contributed by atoms with Gasteiger partial charge in [0.15, 0.2) is 0 Å². The number of benzene rings is 1. The van der Waals surface area contributed by atoms with Crippen LogP contribution in [0.5, 0.6) is 0 Å². The molecular formula is C18H20ClN5O. The van der Waals surface area contributed by atoms with Crippen molar-refractivity contribution in [2.45, 2.75) is 6.54 Å².